The Kier molecular flexibility index (Phi) is 6.02. The zero-order valence-corrected chi connectivity index (χ0v) is 18.2. The summed E-state index contributed by atoms with van der Waals surface area (Å²) < 4.78 is 0. The highest BCUT2D eigenvalue weighted by atomic mass is 16.2. The molecule has 2 aromatic carbocycles. The fourth-order valence-corrected chi connectivity index (χ4v) is 3.51. The standard InChI is InChI=1S/C24H28N6O/c1-17-4-8-20(9-5-17)26-23-25-19(3)16-22(28-23)29-12-14-30(15-13-29)24(31)27-21-10-6-18(2)7-11-21/h4-11,16H,12-15H2,1-3H3,(H,27,31)(H,25,26,28). The van der Waals surface area contributed by atoms with Crippen LogP contribution in [0.4, 0.5) is 27.9 Å². The van der Waals surface area contributed by atoms with Gasteiger partial charge in [0, 0.05) is 49.3 Å². The Balaban J connectivity index is 1.37. The van der Waals surface area contributed by atoms with E-state index in [1.807, 2.05) is 61.2 Å². The Morgan fingerprint density at radius 2 is 1.39 bits per heavy atom. The van der Waals surface area contributed by atoms with Crippen LogP contribution in [-0.2, 0) is 0 Å². The number of rotatable bonds is 4. The molecular formula is C24H28N6O. The first-order chi connectivity index (χ1) is 15.0. The lowest BCUT2D eigenvalue weighted by atomic mass is 10.2. The van der Waals surface area contributed by atoms with Crippen molar-refractivity contribution in [3.8, 4) is 0 Å². The zero-order valence-electron chi connectivity index (χ0n) is 18.2. The highest BCUT2D eigenvalue weighted by Crippen LogP contribution is 2.20. The average Bonchev–Trinajstić information content (AvgIpc) is 2.77. The van der Waals surface area contributed by atoms with Gasteiger partial charge in [-0.05, 0) is 45.0 Å². The van der Waals surface area contributed by atoms with E-state index in [0.717, 1.165) is 36.0 Å². The second-order valence-electron chi connectivity index (χ2n) is 7.95. The molecule has 1 aromatic heterocycles. The molecule has 1 fully saturated rings. The largest absolute Gasteiger partial charge is 0.353 e. The first kappa shape index (κ1) is 20.7. The monoisotopic (exact) mass is 416 g/mol. The van der Waals surface area contributed by atoms with Crippen molar-refractivity contribution >= 4 is 29.2 Å². The van der Waals surface area contributed by atoms with Crippen molar-refractivity contribution in [3.05, 3.63) is 71.4 Å². The van der Waals surface area contributed by atoms with Crippen LogP contribution in [0.3, 0.4) is 0 Å². The van der Waals surface area contributed by atoms with E-state index in [2.05, 4.69) is 39.6 Å². The number of aryl methyl sites for hydroxylation is 3. The van der Waals surface area contributed by atoms with Crippen molar-refractivity contribution in [2.24, 2.45) is 0 Å². The maximum Gasteiger partial charge on any atom is 0.321 e. The van der Waals surface area contributed by atoms with Gasteiger partial charge in [-0.2, -0.15) is 4.98 Å². The van der Waals surface area contributed by atoms with E-state index < -0.39 is 0 Å². The minimum absolute atomic E-state index is 0.0657. The number of carbonyl (C=O) groups excluding carboxylic acids is 1. The number of hydrogen-bond donors (Lipinski definition) is 2. The van der Waals surface area contributed by atoms with Gasteiger partial charge in [0.1, 0.15) is 5.82 Å². The van der Waals surface area contributed by atoms with E-state index in [9.17, 15) is 4.79 Å². The molecule has 0 atom stereocenters. The summed E-state index contributed by atoms with van der Waals surface area (Å²) in [5.74, 6) is 1.46. The molecule has 0 unspecified atom stereocenters. The lowest BCUT2D eigenvalue weighted by Gasteiger charge is -2.35. The van der Waals surface area contributed by atoms with E-state index in [4.69, 9.17) is 4.98 Å². The number of piperazine rings is 1. The molecule has 0 aliphatic carbocycles. The molecule has 2 N–H and O–H groups in total. The molecule has 0 saturated carbocycles. The van der Waals surface area contributed by atoms with Crippen LogP contribution in [0.1, 0.15) is 16.8 Å². The second kappa shape index (κ2) is 9.04. The zero-order chi connectivity index (χ0) is 21.8. The van der Waals surface area contributed by atoms with Gasteiger partial charge in [0.05, 0.1) is 0 Å². The average molecular weight is 417 g/mol. The molecule has 1 aliphatic rings. The number of urea groups is 1. The summed E-state index contributed by atoms with van der Waals surface area (Å²) in [6.45, 7) is 8.79. The van der Waals surface area contributed by atoms with Gasteiger partial charge in [0.25, 0.3) is 0 Å². The lowest BCUT2D eigenvalue weighted by Crippen LogP contribution is -2.50. The van der Waals surface area contributed by atoms with Crippen molar-refractivity contribution in [2.45, 2.75) is 20.8 Å². The fourth-order valence-electron chi connectivity index (χ4n) is 3.51. The number of amides is 2. The van der Waals surface area contributed by atoms with Crippen LogP contribution in [0.2, 0.25) is 0 Å². The topological polar surface area (TPSA) is 73.4 Å². The number of hydrogen-bond acceptors (Lipinski definition) is 5. The molecule has 0 spiro atoms. The fraction of sp³-hybridized carbons (Fsp3) is 0.292. The van der Waals surface area contributed by atoms with Crippen molar-refractivity contribution < 1.29 is 4.79 Å². The summed E-state index contributed by atoms with van der Waals surface area (Å²) in [6, 6.07) is 17.9. The number of aromatic nitrogens is 2. The Morgan fingerprint density at radius 3 is 2.00 bits per heavy atom. The van der Waals surface area contributed by atoms with Gasteiger partial charge in [0.15, 0.2) is 0 Å². The van der Waals surface area contributed by atoms with Crippen LogP contribution in [0, 0.1) is 20.8 Å². The predicted molar refractivity (Wildman–Crippen MR) is 125 cm³/mol. The van der Waals surface area contributed by atoms with Crippen molar-refractivity contribution in [1.82, 2.24) is 14.9 Å². The molecule has 4 rings (SSSR count). The molecule has 3 aromatic rings. The van der Waals surface area contributed by atoms with Crippen LogP contribution in [0.25, 0.3) is 0 Å². The SMILES string of the molecule is Cc1ccc(NC(=O)N2CCN(c3cc(C)nc(Nc4ccc(C)cc4)n3)CC2)cc1. The molecule has 2 heterocycles. The minimum Gasteiger partial charge on any atom is -0.353 e. The van der Waals surface area contributed by atoms with E-state index in [1.54, 1.807) is 0 Å². The molecule has 0 radical (unpaired) electrons. The number of nitrogens with zero attached hydrogens (tertiary/aromatic N) is 4. The van der Waals surface area contributed by atoms with E-state index in [1.165, 1.54) is 11.1 Å². The molecule has 31 heavy (non-hydrogen) atoms. The highest BCUT2D eigenvalue weighted by Gasteiger charge is 2.22. The van der Waals surface area contributed by atoms with Crippen molar-refractivity contribution in [3.63, 3.8) is 0 Å². The third kappa shape index (κ3) is 5.31. The van der Waals surface area contributed by atoms with Gasteiger partial charge in [0.2, 0.25) is 5.95 Å². The third-order valence-corrected chi connectivity index (χ3v) is 5.34. The van der Waals surface area contributed by atoms with Gasteiger partial charge in [-0.25, -0.2) is 9.78 Å². The third-order valence-electron chi connectivity index (χ3n) is 5.34. The van der Waals surface area contributed by atoms with Gasteiger partial charge in [-0.1, -0.05) is 35.4 Å². The highest BCUT2D eigenvalue weighted by molar-refractivity contribution is 5.89. The normalized spacial score (nSPS) is 13.8. The summed E-state index contributed by atoms with van der Waals surface area (Å²) in [4.78, 5) is 25.9. The van der Waals surface area contributed by atoms with Gasteiger partial charge >= 0.3 is 6.03 Å². The molecule has 0 bridgehead atoms. The van der Waals surface area contributed by atoms with Gasteiger partial charge < -0.3 is 20.4 Å². The molecular weight excluding hydrogens is 388 g/mol. The first-order valence-corrected chi connectivity index (χ1v) is 10.5. The Morgan fingerprint density at radius 1 is 0.806 bits per heavy atom. The predicted octanol–water partition coefficient (Wildman–Crippen LogP) is 4.50. The van der Waals surface area contributed by atoms with E-state index >= 15 is 0 Å². The Bertz CT molecular complexity index is 1040. The van der Waals surface area contributed by atoms with Crippen molar-refractivity contribution in [2.75, 3.05) is 41.7 Å². The van der Waals surface area contributed by atoms with E-state index in [-0.39, 0.29) is 6.03 Å². The summed E-state index contributed by atoms with van der Waals surface area (Å²) in [5, 5.41) is 6.26. The number of anilines is 4. The van der Waals surface area contributed by atoms with Crippen LogP contribution in [0.15, 0.2) is 54.6 Å². The molecule has 160 valence electrons. The number of benzene rings is 2. The smallest absolute Gasteiger partial charge is 0.321 e. The molecule has 7 heteroatoms. The molecule has 7 nitrogen and oxygen atoms in total. The summed E-state index contributed by atoms with van der Waals surface area (Å²) in [7, 11) is 0. The Hall–Kier alpha value is -3.61. The minimum atomic E-state index is -0.0657. The van der Waals surface area contributed by atoms with E-state index in [0.29, 0.717) is 19.0 Å². The Labute approximate surface area is 183 Å². The molecule has 1 saturated heterocycles. The quantitative estimate of drug-likeness (QED) is 0.655. The first-order valence-electron chi connectivity index (χ1n) is 10.5. The van der Waals surface area contributed by atoms with Crippen molar-refractivity contribution in [1.29, 1.82) is 0 Å². The molecule has 1 aliphatic heterocycles. The maximum atomic E-state index is 12.6. The number of carbonyl (C=O) groups is 1. The van der Waals surface area contributed by atoms with Crippen LogP contribution in [0.5, 0.6) is 0 Å². The lowest BCUT2D eigenvalue weighted by molar-refractivity contribution is 0.208. The van der Waals surface area contributed by atoms with Crippen LogP contribution in [-0.4, -0.2) is 47.1 Å². The van der Waals surface area contributed by atoms with Crippen LogP contribution >= 0.6 is 0 Å². The summed E-state index contributed by atoms with van der Waals surface area (Å²) in [6.07, 6.45) is 0. The maximum absolute atomic E-state index is 12.6. The van der Waals surface area contributed by atoms with Crippen LogP contribution < -0.4 is 15.5 Å². The number of nitrogens with one attached hydrogen (secondary N) is 2. The second-order valence-corrected chi connectivity index (χ2v) is 7.95. The van der Waals surface area contributed by atoms with Gasteiger partial charge in [-0.15, -0.1) is 0 Å². The summed E-state index contributed by atoms with van der Waals surface area (Å²) >= 11 is 0. The summed E-state index contributed by atoms with van der Waals surface area (Å²) in [5.41, 5.74) is 5.05. The molecule has 2 amide bonds. The van der Waals surface area contributed by atoms with Gasteiger partial charge in [-0.3, -0.25) is 0 Å².